The van der Waals surface area contributed by atoms with Crippen molar-refractivity contribution in [3.8, 4) is 0 Å². The fourth-order valence-corrected chi connectivity index (χ4v) is 6.83. The number of nitrogens with zero attached hydrogens (tertiary/aromatic N) is 1. The van der Waals surface area contributed by atoms with Gasteiger partial charge in [0.2, 0.25) is 0 Å². The van der Waals surface area contributed by atoms with Crippen LogP contribution in [0.5, 0.6) is 0 Å². The van der Waals surface area contributed by atoms with Gasteiger partial charge in [0.05, 0.1) is 4.90 Å². The third-order valence-electron chi connectivity index (χ3n) is 7.94. The second kappa shape index (κ2) is 16.9. The van der Waals surface area contributed by atoms with E-state index in [4.69, 9.17) is 35.3 Å². The number of carbonyl (C=O) groups excluding carboxylic acids is 1. The summed E-state index contributed by atoms with van der Waals surface area (Å²) >= 11 is 5.89. The van der Waals surface area contributed by atoms with Crippen LogP contribution in [0.4, 0.5) is 4.79 Å². The van der Waals surface area contributed by atoms with Crippen LogP contribution in [-0.2, 0) is 33.7 Å². The van der Waals surface area contributed by atoms with E-state index in [9.17, 15) is 13.2 Å². The summed E-state index contributed by atoms with van der Waals surface area (Å²) < 4.78 is 58.4. The summed E-state index contributed by atoms with van der Waals surface area (Å²) in [5, 5.41) is 0.386. The zero-order valence-corrected chi connectivity index (χ0v) is 27.9. The molecular weight excluding hydrogens is 619 g/mol. The number of rotatable bonds is 16. The largest absolute Gasteiger partial charge is 0.441 e. The molecule has 0 bridgehead atoms. The molecule has 3 heterocycles. The Labute approximate surface area is 267 Å². The second-order valence-electron chi connectivity index (χ2n) is 11.9. The number of benzene rings is 1. The monoisotopic (exact) mass is 666 g/mol. The molecular formula is C30H48Cl2N2O8S. The highest BCUT2D eigenvalue weighted by molar-refractivity contribution is 7.90. The topological polar surface area (TPSA) is 113 Å². The number of likely N-dealkylation sites (tertiary alicyclic amines) is 1. The highest BCUT2D eigenvalue weighted by Crippen LogP contribution is 2.40. The lowest BCUT2D eigenvalue weighted by molar-refractivity contribution is -0.230. The molecule has 1 aromatic rings. The number of halogens is 2. The van der Waals surface area contributed by atoms with Crippen molar-refractivity contribution in [2.75, 3.05) is 26.2 Å². The van der Waals surface area contributed by atoms with Crippen LogP contribution in [0.1, 0.15) is 85.0 Å². The van der Waals surface area contributed by atoms with Gasteiger partial charge in [-0.05, 0) is 70.5 Å². The zero-order valence-electron chi connectivity index (χ0n) is 25.5. The lowest BCUT2D eigenvalue weighted by Crippen LogP contribution is -2.50. The number of hydrogen-bond donors (Lipinski definition) is 1. The summed E-state index contributed by atoms with van der Waals surface area (Å²) in [6.07, 6.45) is 7.21. The Kier molecular flexibility index (Phi) is 14.3. The molecule has 0 radical (unpaired) electrons. The van der Waals surface area contributed by atoms with Crippen LogP contribution in [0, 0.1) is 0 Å². The molecule has 4 rings (SSSR count). The molecule has 5 atom stereocenters. The van der Waals surface area contributed by atoms with Gasteiger partial charge in [0, 0.05) is 18.2 Å². The van der Waals surface area contributed by atoms with Crippen molar-refractivity contribution in [2.45, 2.75) is 126 Å². The van der Waals surface area contributed by atoms with Gasteiger partial charge in [-0.25, -0.2) is 17.9 Å². The lowest BCUT2D eigenvalue weighted by Gasteiger charge is -2.32. The van der Waals surface area contributed by atoms with Gasteiger partial charge in [0.25, 0.3) is 10.0 Å². The Morgan fingerprint density at radius 3 is 2.33 bits per heavy atom. The predicted molar refractivity (Wildman–Crippen MR) is 166 cm³/mol. The van der Waals surface area contributed by atoms with E-state index >= 15 is 0 Å². The Morgan fingerprint density at radius 1 is 1.05 bits per heavy atom. The Hall–Kier alpha value is -1.18. The Bertz CT molecular complexity index is 1100. The maximum Gasteiger partial charge on any atom is 0.421 e. The minimum absolute atomic E-state index is 0. The van der Waals surface area contributed by atoms with Crippen molar-refractivity contribution in [1.29, 1.82) is 0 Å². The van der Waals surface area contributed by atoms with Gasteiger partial charge in [0.15, 0.2) is 12.1 Å². The van der Waals surface area contributed by atoms with Gasteiger partial charge in [0.1, 0.15) is 24.4 Å². The van der Waals surface area contributed by atoms with E-state index in [1.165, 1.54) is 62.8 Å². The average Bonchev–Trinajstić information content (AvgIpc) is 3.62. The number of carbonyl (C=O) groups is 1. The van der Waals surface area contributed by atoms with Crippen molar-refractivity contribution >= 4 is 40.1 Å². The number of sulfonamides is 1. The summed E-state index contributed by atoms with van der Waals surface area (Å²) in [6.45, 7) is 8.47. The summed E-state index contributed by atoms with van der Waals surface area (Å²) in [5.41, 5.74) is 0. The van der Waals surface area contributed by atoms with Crippen molar-refractivity contribution < 1.29 is 36.9 Å². The molecule has 3 aliphatic rings. The minimum Gasteiger partial charge on any atom is -0.441 e. The van der Waals surface area contributed by atoms with E-state index in [0.29, 0.717) is 18.2 Å². The predicted octanol–water partition coefficient (Wildman–Crippen LogP) is 6.04. The molecule has 3 aliphatic heterocycles. The average molecular weight is 668 g/mol. The van der Waals surface area contributed by atoms with Crippen LogP contribution in [-0.4, -0.2) is 82.1 Å². The van der Waals surface area contributed by atoms with Crippen molar-refractivity contribution in [3.63, 3.8) is 0 Å². The lowest BCUT2D eigenvalue weighted by atomic mass is 10.0. The SMILES string of the molecule is CCCCCCCCCCO[C@@H]1[C@H]2OC(C)(C)O[C@H]2O[C@@H]1C(CN1CCCC1)OC(=O)NS(=O)(=O)c1ccc(Cl)cc1.Cl. The molecule has 0 spiro atoms. The molecule has 0 aromatic heterocycles. The minimum atomic E-state index is -4.17. The number of unbranched alkanes of at least 4 members (excludes halogenated alkanes) is 7. The molecule has 0 saturated carbocycles. The maximum absolute atomic E-state index is 13.0. The zero-order chi connectivity index (χ0) is 30.2. The number of hydrogen-bond acceptors (Lipinski definition) is 9. The normalized spacial score (nSPS) is 25.7. The van der Waals surface area contributed by atoms with Crippen LogP contribution in [0.3, 0.4) is 0 Å². The molecule has 1 N–H and O–H groups in total. The Balaban J connectivity index is 0.00000506. The molecule has 1 amide bonds. The first kappa shape index (κ1) is 36.3. The number of amides is 1. The van der Waals surface area contributed by atoms with Gasteiger partial charge in [-0.2, -0.15) is 0 Å². The van der Waals surface area contributed by atoms with Crippen LogP contribution in [0.15, 0.2) is 29.2 Å². The van der Waals surface area contributed by atoms with Crippen molar-refractivity contribution in [3.05, 3.63) is 29.3 Å². The summed E-state index contributed by atoms with van der Waals surface area (Å²) in [4.78, 5) is 15.1. The number of fused-ring (bicyclic) bond motifs is 1. The third-order valence-corrected chi connectivity index (χ3v) is 9.52. The van der Waals surface area contributed by atoms with Gasteiger partial charge in [-0.1, -0.05) is 63.5 Å². The highest BCUT2D eigenvalue weighted by Gasteiger charge is 2.58. The molecule has 10 nitrogen and oxygen atoms in total. The molecule has 1 aromatic carbocycles. The van der Waals surface area contributed by atoms with Gasteiger partial charge >= 0.3 is 6.09 Å². The van der Waals surface area contributed by atoms with Crippen LogP contribution in [0.25, 0.3) is 0 Å². The second-order valence-corrected chi connectivity index (χ2v) is 14.0. The molecule has 43 heavy (non-hydrogen) atoms. The van der Waals surface area contributed by atoms with Gasteiger partial charge in [-0.3, -0.25) is 4.90 Å². The highest BCUT2D eigenvalue weighted by atomic mass is 35.5. The van der Waals surface area contributed by atoms with E-state index < -0.39 is 52.6 Å². The first-order valence-corrected chi connectivity index (χ1v) is 17.3. The quantitative estimate of drug-likeness (QED) is 0.211. The van der Waals surface area contributed by atoms with Crippen molar-refractivity contribution in [2.24, 2.45) is 0 Å². The molecule has 3 saturated heterocycles. The van der Waals surface area contributed by atoms with E-state index in [1.54, 1.807) is 0 Å². The third kappa shape index (κ3) is 10.7. The van der Waals surface area contributed by atoms with E-state index in [1.807, 2.05) is 18.6 Å². The van der Waals surface area contributed by atoms with E-state index in [-0.39, 0.29) is 17.3 Å². The fraction of sp³-hybridized carbons (Fsp3) is 0.767. The standard InChI is InChI=1S/C30H47ClN2O8S.ClH/c1-4-5-6-7-8-9-10-13-20-37-26-25(39-28-27(26)40-30(2,3)41-28)24(21-33-18-11-12-19-33)38-29(34)32-42(35,36)23-16-14-22(31)15-17-23;/h14-17,24-28H,4-13,18-21H2,1-3H3,(H,32,34);1H/t24?,25-,26+,27-,28-;/m1./s1. The number of ether oxygens (including phenoxy) is 5. The fourth-order valence-electron chi connectivity index (χ4n) is 5.82. The van der Waals surface area contributed by atoms with Crippen LogP contribution in [0.2, 0.25) is 5.02 Å². The van der Waals surface area contributed by atoms with Gasteiger partial charge < -0.3 is 23.7 Å². The first-order chi connectivity index (χ1) is 20.1. The summed E-state index contributed by atoms with van der Waals surface area (Å²) in [5.74, 6) is -0.838. The molecule has 13 heteroatoms. The van der Waals surface area contributed by atoms with E-state index in [0.717, 1.165) is 38.8 Å². The summed E-state index contributed by atoms with van der Waals surface area (Å²) in [6, 6.07) is 5.54. The molecule has 3 fully saturated rings. The van der Waals surface area contributed by atoms with E-state index in [2.05, 4.69) is 11.8 Å². The van der Waals surface area contributed by atoms with Crippen LogP contribution >= 0.6 is 24.0 Å². The van der Waals surface area contributed by atoms with Crippen molar-refractivity contribution in [1.82, 2.24) is 9.62 Å². The Morgan fingerprint density at radius 2 is 1.67 bits per heavy atom. The molecule has 1 unspecified atom stereocenters. The first-order valence-electron chi connectivity index (χ1n) is 15.4. The smallest absolute Gasteiger partial charge is 0.421 e. The maximum atomic E-state index is 13.0. The number of nitrogens with one attached hydrogen (secondary N) is 1. The van der Waals surface area contributed by atoms with Gasteiger partial charge in [-0.15, -0.1) is 12.4 Å². The summed E-state index contributed by atoms with van der Waals surface area (Å²) in [7, 11) is -4.17. The molecule has 246 valence electrons. The molecule has 0 aliphatic carbocycles. The van der Waals surface area contributed by atoms with Crippen LogP contribution < -0.4 is 4.72 Å².